The van der Waals surface area contributed by atoms with Crippen LogP contribution in [0.25, 0.3) is 6.08 Å². The van der Waals surface area contributed by atoms with Crippen molar-refractivity contribution in [3.05, 3.63) is 83.4 Å². The van der Waals surface area contributed by atoms with Gasteiger partial charge in [0.05, 0.1) is 25.9 Å². The van der Waals surface area contributed by atoms with Gasteiger partial charge in [0.1, 0.15) is 5.75 Å². The molecule has 0 aliphatic carbocycles. The van der Waals surface area contributed by atoms with Gasteiger partial charge in [-0.1, -0.05) is 18.2 Å². The van der Waals surface area contributed by atoms with Crippen molar-refractivity contribution >= 4 is 23.4 Å². The number of ether oxygens (including phenoxy) is 4. The number of esters is 1. The Bertz CT molecular complexity index is 1340. The number of anilines is 2. The molecule has 3 aromatic carbocycles. The Labute approximate surface area is 233 Å². The Morgan fingerprint density at radius 2 is 1.63 bits per heavy atom. The van der Waals surface area contributed by atoms with Crippen LogP contribution in [0.3, 0.4) is 0 Å². The third-order valence-electron chi connectivity index (χ3n) is 5.69. The summed E-state index contributed by atoms with van der Waals surface area (Å²) in [7, 11) is 1.22. The molecule has 0 saturated heterocycles. The van der Waals surface area contributed by atoms with Crippen molar-refractivity contribution < 1.29 is 45.7 Å². The number of methoxy groups -OCH3 is 1. The van der Waals surface area contributed by atoms with Crippen molar-refractivity contribution in [1.29, 1.82) is 0 Å². The maximum atomic E-state index is 14.8. The first-order chi connectivity index (χ1) is 19.4. The SMILES string of the molecule is COc1cc(C(F)(F)Oc2ccc(/C=C/C(=O)OCCc3ccc(N)cc3N)cc2)ccc1OCCCC(F)(F)F. The second-order valence-corrected chi connectivity index (χ2v) is 8.83. The Hall–Kier alpha value is -4.48. The number of rotatable bonds is 13. The number of carbonyl (C=O) groups excluding carboxylic acids is 1. The first-order valence-electron chi connectivity index (χ1n) is 12.4. The Morgan fingerprint density at radius 3 is 2.29 bits per heavy atom. The zero-order valence-corrected chi connectivity index (χ0v) is 22.0. The summed E-state index contributed by atoms with van der Waals surface area (Å²) >= 11 is 0. The molecule has 0 aliphatic heterocycles. The summed E-state index contributed by atoms with van der Waals surface area (Å²) in [6, 6.07) is 13.8. The number of carbonyl (C=O) groups is 1. The van der Waals surface area contributed by atoms with Crippen molar-refractivity contribution in [2.24, 2.45) is 0 Å². The first kappa shape index (κ1) is 31.1. The van der Waals surface area contributed by atoms with Crippen LogP contribution in [0.15, 0.2) is 66.7 Å². The standard InChI is InChI=1S/C29H29F5N2O5/c1-38-26-17-21(7-11-25(26)39-15-2-14-28(30,31)32)29(33,34)41-23-9-3-19(4-10-23)5-12-27(37)40-16-13-20-6-8-22(35)18-24(20)36/h3-12,17-18H,2,13-16,35-36H2,1H3/b12-5+. The van der Waals surface area contributed by atoms with Crippen LogP contribution in [0.5, 0.6) is 17.2 Å². The van der Waals surface area contributed by atoms with Gasteiger partial charge in [0.25, 0.3) is 0 Å². The van der Waals surface area contributed by atoms with Gasteiger partial charge < -0.3 is 30.4 Å². The molecule has 0 fully saturated rings. The van der Waals surface area contributed by atoms with Gasteiger partial charge in [-0.05, 0) is 66.1 Å². The van der Waals surface area contributed by atoms with Crippen LogP contribution in [0, 0.1) is 0 Å². The highest BCUT2D eigenvalue weighted by Crippen LogP contribution is 2.37. The molecule has 0 aromatic heterocycles. The predicted octanol–water partition coefficient (Wildman–Crippen LogP) is 6.51. The molecule has 0 amide bonds. The number of halogens is 5. The van der Waals surface area contributed by atoms with E-state index >= 15 is 0 Å². The summed E-state index contributed by atoms with van der Waals surface area (Å²) in [5, 5.41) is 0. The van der Waals surface area contributed by atoms with Crippen LogP contribution >= 0.6 is 0 Å². The highest BCUT2D eigenvalue weighted by Gasteiger charge is 2.35. The maximum Gasteiger partial charge on any atom is 0.426 e. The topological polar surface area (TPSA) is 106 Å². The van der Waals surface area contributed by atoms with Crippen molar-refractivity contribution in [3.63, 3.8) is 0 Å². The molecule has 220 valence electrons. The average molecular weight is 581 g/mol. The van der Waals surface area contributed by atoms with E-state index in [1.54, 1.807) is 18.2 Å². The lowest BCUT2D eigenvalue weighted by Crippen LogP contribution is -2.22. The van der Waals surface area contributed by atoms with Crippen LogP contribution in [0.2, 0.25) is 0 Å². The van der Waals surface area contributed by atoms with Crippen LogP contribution in [0.4, 0.5) is 33.3 Å². The number of benzene rings is 3. The molecule has 41 heavy (non-hydrogen) atoms. The molecule has 3 aromatic rings. The van der Waals surface area contributed by atoms with Gasteiger partial charge in [-0.25, -0.2) is 4.79 Å². The molecule has 0 heterocycles. The number of alkyl halides is 5. The van der Waals surface area contributed by atoms with E-state index in [4.69, 9.17) is 30.4 Å². The van der Waals surface area contributed by atoms with Gasteiger partial charge in [-0.15, -0.1) is 0 Å². The van der Waals surface area contributed by atoms with E-state index in [1.807, 2.05) is 0 Å². The molecular weight excluding hydrogens is 551 g/mol. The highest BCUT2D eigenvalue weighted by molar-refractivity contribution is 5.87. The van der Waals surface area contributed by atoms with E-state index < -0.39 is 30.2 Å². The number of nitrogens with two attached hydrogens (primary N) is 2. The molecule has 0 atom stereocenters. The molecule has 4 N–H and O–H groups in total. The van der Waals surface area contributed by atoms with Crippen molar-refractivity contribution in [2.45, 2.75) is 31.5 Å². The van der Waals surface area contributed by atoms with E-state index in [1.165, 1.54) is 49.6 Å². The second kappa shape index (κ2) is 13.7. The zero-order chi connectivity index (χ0) is 30.0. The van der Waals surface area contributed by atoms with Gasteiger partial charge in [-0.2, -0.15) is 22.0 Å². The number of hydrogen-bond donors (Lipinski definition) is 2. The molecule has 0 saturated carbocycles. The van der Waals surface area contributed by atoms with Gasteiger partial charge in [0.15, 0.2) is 11.5 Å². The molecule has 0 spiro atoms. The summed E-state index contributed by atoms with van der Waals surface area (Å²) < 4.78 is 86.9. The lowest BCUT2D eigenvalue weighted by molar-refractivity contribution is -0.185. The normalized spacial score (nSPS) is 11.9. The van der Waals surface area contributed by atoms with Crippen molar-refractivity contribution in [3.8, 4) is 17.2 Å². The van der Waals surface area contributed by atoms with Crippen molar-refractivity contribution in [1.82, 2.24) is 0 Å². The fraction of sp³-hybridized carbons (Fsp3) is 0.276. The summed E-state index contributed by atoms with van der Waals surface area (Å²) in [5.74, 6) is -0.796. The smallest absolute Gasteiger partial charge is 0.426 e. The van der Waals surface area contributed by atoms with Crippen LogP contribution in [0.1, 0.15) is 29.5 Å². The van der Waals surface area contributed by atoms with Crippen LogP contribution in [-0.2, 0) is 22.1 Å². The summed E-state index contributed by atoms with van der Waals surface area (Å²) in [5.41, 5.74) is 13.4. The Morgan fingerprint density at radius 1 is 0.902 bits per heavy atom. The molecule has 0 aliphatic rings. The van der Waals surface area contributed by atoms with E-state index in [0.29, 0.717) is 23.4 Å². The molecule has 0 radical (unpaired) electrons. The number of hydrogen-bond acceptors (Lipinski definition) is 7. The van der Waals surface area contributed by atoms with E-state index in [9.17, 15) is 26.7 Å². The fourth-order valence-corrected chi connectivity index (χ4v) is 3.59. The van der Waals surface area contributed by atoms with Crippen molar-refractivity contribution in [2.75, 3.05) is 31.8 Å². The minimum atomic E-state index is -4.31. The van der Waals surface area contributed by atoms with Crippen LogP contribution < -0.4 is 25.7 Å². The fourth-order valence-electron chi connectivity index (χ4n) is 3.59. The third-order valence-corrected chi connectivity index (χ3v) is 5.69. The minimum Gasteiger partial charge on any atom is -0.493 e. The quantitative estimate of drug-likeness (QED) is 0.0781. The highest BCUT2D eigenvalue weighted by atomic mass is 19.4. The average Bonchev–Trinajstić information content (AvgIpc) is 2.91. The van der Waals surface area contributed by atoms with Crippen LogP contribution in [-0.4, -0.2) is 32.5 Å². The van der Waals surface area contributed by atoms with Gasteiger partial charge in [0.2, 0.25) is 0 Å². The zero-order valence-electron chi connectivity index (χ0n) is 22.0. The summed E-state index contributed by atoms with van der Waals surface area (Å²) in [4.78, 5) is 12.0. The van der Waals surface area contributed by atoms with Gasteiger partial charge in [-0.3, -0.25) is 0 Å². The molecule has 7 nitrogen and oxygen atoms in total. The van der Waals surface area contributed by atoms with E-state index in [2.05, 4.69) is 0 Å². The molecule has 12 heteroatoms. The van der Waals surface area contributed by atoms with E-state index in [-0.39, 0.29) is 36.9 Å². The molecular formula is C29H29F5N2O5. The largest absolute Gasteiger partial charge is 0.493 e. The number of nitrogen functional groups attached to an aromatic ring is 2. The Balaban J connectivity index is 1.53. The molecule has 0 bridgehead atoms. The minimum absolute atomic E-state index is 0.0262. The maximum absolute atomic E-state index is 14.8. The third kappa shape index (κ3) is 9.89. The monoisotopic (exact) mass is 580 g/mol. The van der Waals surface area contributed by atoms with E-state index in [0.717, 1.165) is 17.7 Å². The van der Waals surface area contributed by atoms with Gasteiger partial charge >= 0.3 is 18.3 Å². The lowest BCUT2D eigenvalue weighted by Gasteiger charge is -2.20. The summed E-state index contributed by atoms with van der Waals surface area (Å²) in [6.07, 6.45) is -6.33. The Kier molecular flexibility index (Phi) is 10.4. The molecule has 3 rings (SSSR count). The first-order valence-corrected chi connectivity index (χ1v) is 12.4. The van der Waals surface area contributed by atoms with Gasteiger partial charge in [0, 0.05) is 30.3 Å². The predicted molar refractivity (Wildman–Crippen MR) is 144 cm³/mol. The molecule has 0 unspecified atom stereocenters. The summed E-state index contributed by atoms with van der Waals surface area (Å²) in [6.45, 7) is -0.158. The lowest BCUT2D eigenvalue weighted by atomic mass is 10.1. The second-order valence-electron chi connectivity index (χ2n) is 8.83.